The van der Waals surface area contributed by atoms with Crippen LogP contribution in [0.25, 0.3) is 16.7 Å². The Morgan fingerprint density at radius 3 is 2.38 bits per heavy atom. The van der Waals surface area contributed by atoms with Crippen LogP contribution >= 0.6 is 34.8 Å². The molecule has 4 aromatic rings. The highest BCUT2D eigenvalue weighted by Crippen LogP contribution is 2.34. The number of nitrogens with zero attached hydrogens (tertiary/aromatic N) is 3. The van der Waals surface area contributed by atoms with E-state index < -0.39 is 6.09 Å². The lowest BCUT2D eigenvalue weighted by Gasteiger charge is -2.09. The standard InChI is InChI=1S/C23H20Cl3N5O3/c1-11(2)19-18-21(31(30-19)20-15(25)9-13(24)10-16(20)26)28-17(29-22(18)32)8-12-4-6-14(7-5-12)27-23(33)34-3/h4-7,9-11H,8H2,1-3H3,(H,27,33)(H,28,29,32). The van der Waals surface area contributed by atoms with Gasteiger partial charge in [0.1, 0.15) is 16.9 Å². The van der Waals surface area contributed by atoms with Crippen molar-refractivity contribution in [1.82, 2.24) is 19.7 Å². The molecule has 0 unspecified atom stereocenters. The Morgan fingerprint density at radius 1 is 1.15 bits per heavy atom. The van der Waals surface area contributed by atoms with Gasteiger partial charge in [0.25, 0.3) is 5.56 Å². The number of benzene rings is 2. The van der Waals surface area contributed by atoms with E-state index in [1.165, 1.54) is 11.8 Å². The van der Waals surface area contributed by atoms with Gasteiger partial charge in [-0.2, -0.15) is 5.10 Å². The van der Waals surface area contributed by atoms with E-state index in [-0.39, 0.29) is 21.5 Å². The Morgan fingerprint density at radius 2 is 1.79 bits per heavy atom. The molecule has 0 fully saturated rings. The highest BCUT2D eigenvalue weighted by atomic mass is 35.5. The second-order valence-corrected chi connectivity index (χ2v) is 9.12. The lowest BCUT2D eigenvalue weighted by atomic mass is 10.1. The second kappa shape index (κ2) is 9.66. The predicted molar refractivity (Wildman–Crippen MR) is 134 cm³/mol. The molecule has 2 heterocycles. The van der Waals surface area contributed by atoms with Gasteiger partial charge in [-0.15, -0.1) is 0 Å². The first-order chi connectivity index (χ1) is 16.2. The molecule has 0 saturated carbocycles. The molecule has 11 heteroatoms. The molecule has 0 aliphatic heterocycles. The number of nitrogens with one attached hydrogen (secondary N) is 2. The monoisotopic (exact) mass is 519 g/mol. The lowest BCUT2D eigenvalue weighted by molar-refractivity contribution is 0.187. The fourth-order valence-electron chi connectivity index (χ4n) is 3.54. The van der Waals surface area contributed by atoms with Crippen molar-refractivity contribution in [1.29, 1.82) is 0 Å². The van der Waals surface area contributed by atoms with Crippen LogP contribution < -0.4 is 10.9 Å². The van der Waals surface area contributed by atoms with E-state index in [0.717, 1.165) is 5.56 Å². The van der Waals surface area contributed by atoms with Crippen LogP contribution in [0.5, 0.6) is 0 Å². The zero-order valence-corrected chi connectivity index (χ0v) is 20.7. The number of methoxy groups -OCH3 is 1. The van der Waals surface area contributed by atoms with Crippen LogP contribution in [-0.4, -0.2) is 33.0 Å². The first-order valence-corrected chi connectivity index (χ1v) is 11.4. The fraction of sp³-hybridized carbons (Fsp3) is 0.217. The molecule has 34 heavy (non-hydrogen) atoms. The molecule has 0 radical (unpaired) electrons. The number of aromatic nitrogens is 4. The van der Waals surface area contributed by atoms with Crippen LogP contribution in [0.2, 0.25) is 15.1 Å². The number of ether oxygens (including phenoxy) is 1. The molecule has 0 aliphatic rings. The SMILES string of the molecule is COC(=O)Nc1ccc(Cc2nc3c(c(C(C)C)nn3-c3c(Cl)cc(Cl)cc3Cl)c(=O)[nH]2)cc1. The van der Waals surface area contributed by atoms with Gasteiger partial charge < -0.3 is 9.72 Å². The van der Waals surface area contributed by atoms with Crippen LogP contribution in [0.15, 0.2) is 41.2 Å². The van der Waals surface area contributed by atoms with Gasteiger partial charge in [-0.1, -0.05) is 60.8 Å². The van der Waals surface area contributed by atoms with E-state index in [2.05, 4.69) is 20.1 Å². The summed E-state index contributed by atoms with van der Waals surface area (Å²) in [5.74, 6) is 0.390. The van der Waals surface area contributed by atoms with Crippen LogP contribution in [0.4, 0.5) is 10.5 Å². The summed E-state index contributed by atoms with van der Waals surface area (Å²) in [7, 11) is 1.29. The second-order valence-electron chi connectivity index (χ2n) is 7.87. The third-order valence-electron chi connectivity index (χ3n) is 5.11. The van der Waals surface area contributed by atoms with Crippen molar-refractivity contribution in [2.45, 2.75) is 26.2 Å². The van der Waals surface area contributed by atoms with Crippen molar-refractivity contribution in [2.24, 2.45) is 0 Å². The maximum absolute atomic E-state index is 13.1. The summed E-state index contributed by atoms with van der Waals surface area (Å²) in [4.78, 5) is 32.0. The zero-order chi connectivity index (χ0) is 24.6. The number of H-pyrrole nitrogens is 1. The number of rotatable bonds is 5. The number of carbonyl (C=O) groups is 1. The smallest absolute Gasteiger partial charge is 0.411 e. The Bertz CT molecular complexity index is 1420. The number of halogens is 3. The van der Waals surface area contributed by atoms with Crippen LogP contribution in [0.1, 0.15) is 36.8 Å². The normalized spacial score (nSPS) is 11.3. The molecule has 0 bridgehead atoms. The highest BCUT2D eigenvalue weighted by Gasteiger charge is 2.23. The van der Waals surface area contributed by atoms with E-state index in [9.17, 15) is 9.59 Å². The van der Waals surface area contributed by atoms with E-state index in [1.54, 1.807) is 24.3 Å². The van der Waals surface area contributed by atoms with Gasteiger partial charge in [-0.25, -0.2) is 14.5 Å². The van der Waals surface area contributed by atoms with Gasteiger partial charge in [0.05, 0.1) is 22.8 Å². The molecule has 0 spiro atoms. The minimum absolute atomic E-state index is 0.0443. The number of fused-ring (bicyclic) bond motifs is 1. The molecule has 176 valence electrons. The van der Waals surface area contributed by atoms with Gasteiger partial charge in [0.2, 0.25) is 0 Å². The first-order valence-electron chi connectivity index (χ1n) is 10.3. The van der Waals surface area contributed by atoms with E-state index in [4.69, 9.17) is 39.8 Å². The molecular weight excluding hydrogens is 501 g/mol. The number of carbonyl (C=O) groups excluding carboxylic acids is 1. The third-order valence-corrected chi connectivity index (χ3v) is 5.91. The summed E-state index contributed by atoms with van der Waals surface area (Å²) in [6.07, 6.45) is -0.216. The fourth-order valence-corrected chi connectivity index (χ4v) is 4.52. The number of aromatic amines is 1. The average Bonchev–Trinajstić information content (AvgIpc) is 3.14. The molecular formula is C23H20Cl3N5O3. The van der Waals surface area contributed by atoms with Crippen molar-refractivity contribution in [3.8, 4) is 5.69 Å². The quantitative estimate of drug-likeness (QED) is 0.338. The van der Waals surface area contributed by atoms with Crippen LogP contribution in [0, 0.1) is 0 Å². The largest absolute Gasteiger partial charge is 0.453 e. The number of amides is 1. The van der Waals surface area contributed by atoms with Crippen LogP contribution in [0.3, 0.4) is 0 Å². The van der Waals surface area contributed by atoms with Gasteiger partial charge in [-0.3, -0.25) is 10.1 Å². The molecule has 8 nitrogen and oxygen atoms in total. The topological polar surface area (TPSA) is 102 Å². The van der Waals surface area contributed by atoms with Crippen molar-refractivity contribution in [2.75, 3.05) is 12.4 Å². The molecule has 2 aromatic heterocycles. The molecule has 0 aliphatic carbocycles. The number of hydrogen-bond acceptors (Lipinski definition) is 5. The summed E-state index contributed by atoms with van der Waals surface area (Å²) >= 11 is 19.0. The third kappa shape index (κ3) is 4.75. The van der Waals surface area contributed by atoms with Gasteiger partial charge in [0, 0.05) is 17.1 Å². The predicted octanol–water partition coefficient (Wildman–Crippen LogP) is 5.96. The van der Waals surface area contributed by atoms with Crippen molar-refractivity contribution < 1.29 is 9.53 Å². The lowest BCUT2D eigenvalue weighted by Crippen LogP contribution is -2.14. The Kier molecular flexibility index (Phi) is 6.84. The van der Waals surface area contributed by atoms with E-state index in [1.807, 2.05) is 26.0 Å². The molecule has 4 rings (SSSR count). The molecule has 0 atom stereocenters. The van der Waals surface area contributed by atoms with E-state index >= 15 is 0 Å². The average molecular weight is 521 g/mol. The minimum Gasteiger partial charge on any atom is -0.453 e. The first kappa shape index (κ1) is 24.1. The minimum atomic E-state index is -0.557. The molecule has 1 amide bonds. The molecule has 0 saturated heterocycles. The Hall–Kier alpha value is -3.07. The summed E-state index contributed by atoms with van der Waals surface area (Å²) in [6.45, 7) is 3.88. The van der Waals surface area contributed by atoms with Gasteiger partial charge >= 0.3 is 6.09 Å². The summed E-state index contributed by atoms with van der Waals surface area (Å²) in [5.41, 5.74) is 2.47. The van der Waals surface area contributed by atoms with Gasteiger partial charge in [0.15, 0.2) is 5.65 Å². The number of hydrogen-bond donors (Lipinski definition) is 2. The molecule has 2 N–H and O–H groups in total. The number of anilines is 1. The summed E-state index contributed by atoms with van der Waals surface area (Å²) in [5, 5.41) is 8.56. The maximum Gasteiger partial charge on any atom is 0.411 e. The van der Waals surface area contributed by atoms with Crippen molar-refractivity contribution >= 4 is 57.6 Å². The van der Waals surface area contributed by atoms with E-state index in [0.29, 0.717) is 45.4 Å². The van der Waals surface area contributed by atoms with Crippen molar-refractivity contribution in [3.05, 3.63) is 78.9 Å². The van der Waals surface area contributed by atoms with Crippen molar-refractivity contribution in [3.63, 3.8) is 0 Å². The summed E-state index contributed by atoms with van der Waals surface area (Å²) in [6, 6.07) is 10.2. The zero-order valence-electron chi connectivity index (χ0n) is 18.4. The Labute approximate surface area is 209 Å². The molecule has 2 aromatic carbocycles. The Balaban J connectivity index is 1.80. The maximum atomic E-state index is 13.1. The van der Waals surface area contributed by atoms with Gasteiger partial charge in [-0.05, 0) is 35.7 Å². The highest BCUT2D eigenvalue weighted by molar-refractivity contribution is 6.40. The summed E-state index contributed by atoms with van der Waals surface area (Å²) < 4.78 is 6.08. The van der Waals surface area contributed by atoms with Crippen LogP contribution in [-0.2, 0) is 11.2 Å².